The van der Waals surface area contributed by atoms with Gasteiger partial charge in [-0.25, -0.2) is 19.9 Å². The molecule has 4 heterocycles. The number of fused-ring (bicyclic) bond motifs is 2. The fraction of sp³-hybridized carbons (Fsp3) is 0.333. The Kier molecular flexibility index (Phi) is 15.1. The van der Waals surface area contributed by atoms with E-state index in [0.717, 1.165) is 122 Å². The summed E-state index contributed by atoms with van der Waals surface area (Å²) in [6.07, 6.45) is 3.24. The van der Waals surface area contributed by atoms with Gasteiger partial charge in [-0.3, -0.25) is 9.59 Å². The van der Waals surface area contributed by atoms with Crippen LogP contribution in [0.1, 0.15) is 36.2 Å². The summed E-state index contributed by atoms with van der Waals surface area (Å²) >= 11 is 17.9. The molecule has 2 aromatic heterocycles. The molecule has 0 radical (unpaired) electrons. The van der Waals surface area contributed by atoms with Crippen molar-refractivity contribution < 1.29 is 14.3 Å². The Morgan fingerprint density at radius 3 is 1.74 bits per heavy atom. The number of amides is 2. The van der Waals surface area contributed by atoms with Gasteiger partial charge in [0.1, 0.15) is 5.75 Å². The van der Waals surface area contributed by atoms with Gasteiger partial charge in [-0.2, -0.15) is 0 Å². The summed E-state index contributed by atoms with van der Waals surface area (Å²) in [4.78, 5) is 48.1. The Labute approximate surface area is 370 Å². The number of benzene rings is 4. The van der Waals surface area contributed by atoms with E-state index in [1.54, 1.807) is 18.2 Å². The lowest BCUT2D eigenvalue weighted by Gasteiger charge is -2.20. The van der Waals surface area contributed by atoms with Crippen LogP contribution in [0, 0.1) is 13.8 Å². The van der Waals surface area contributed by atoms with Gasteiger partial charge >= 0.3 is 0 Å². The van der Waals surface area contributed by atoms with Gasteiger partial charge in [-0.1, -0.05) is 46.9 Å². The van der Waals surface area contributed by atoms with Crippen molar-refractivity contribution in [2.75, 3.05) is 79.4 Å². The number of aromatic nitrogens is 4. The van der Waals surface area contributed by atoms with E-state index in [-0.39, 0.29) is 18.4 Å². The molecule has 0 unspecified atom stereocenters. The fourth-order valence-electron chi connectivity index (χ4n) is 7.13. The summed E-state index contributed by atoms with van der Waals surface area (Å²) in [5.41, 5.74) is 6.05. The number of hydrogen-bond acceptors (Lipinski definition) is 11. The van der Waals surface area contributed by atoms with Crippen LogP contribution in [-0.2, 0) is 16.0 Å². The fourth-order valence-corrected chi connectivity index (χ4v) is 7.72. The largest absolute Gasteiger partial charge is 0.482 e. The second-order valence-corrected chi connectivity index (χ2v) is 16.2. The summed E-state index contributed by atoms with van der Waals surface area (Å²) in [5, 5.41) is 16.0. The molecular weight excluding hydrogens is 835 g/mol. The predicted molar refractivity (Wildman–Crippen MR) is 247 cm³/mol. The number of carbonyl (C=O) groups is 2. The smallest absolute Gasteiger partial charge is 0.262 e. The average Bonchev–Trinajstić information content (AvgIpc) is 3.71. The van der Waals surface area contributed by atoms with Gasteiger partial charge in [-0.15, -0.1) is 0 Å². The van der Waals surface area contributed by atoms with Crippen LogP contribution in [0.15, 0.2) is 78.9 Å². The molecular formula is C45H49Cl3N10O3. The zero-order valence-electron chi connectivity index (χ0n) is 34.2. The lowest BCUT2D eigenvalue weighted by molar-refractivity contribution is -0.118. The van der Waals surface area contributed by atoms with Crippen LogP contribution in [0.4, 0.5) is 23.3 Å². The molecule has 2 amide bonds. The maximum Gasteiger partial charge on any atom is 0.262 e. The van der Waals surface area contributed by atoms with Crippen LogP contribution in [-0.4, -0.2) is 90.7 Å². The molecule has 2 aliphatic heterocycles. The number of nitrogens with one attached hydrogen (secondary N) is 4. The summed E-state index contributed by atoms with van der Waals surface area (Å²) in [6, 6.07) is 23.9. The van der Waals surface area contributed by atoms with Gasteiger partial charge in [0.05, 0.1) is 27.4 Å². The standard InChI is InChI=1S/C23H26ClN5O.C22H23Cl2N5O2/c1-16-20-15-19(27-22(30)10-5-17-3-6-18(24)7-4-17)8-9-21(20)28-23(26-16)29-13-2-11-25-12-14-29;1-14-17-12-16(27-21(30)13-31-20-6-3-15(23)11-18(20)24)4-5-19(17)28-22(26-14)29-9-2-7-25-8-10-29/h3-4,6-9,15,25H,2,5,10-14H2,1H3,(H,27,30);3-6,11-12,25H,2,7-10,13H2,1H3,(H,27,30). The van der Waals surface area contributed by atoms with Crippen molar-refractivity contribution in [1.29, 1.82) is 0 Å². The molecule has 2 aliphatic rings. The molecule has 61 heavy (non-hydrogen) atoms. The number of nitrogens with zero attached hydrogens (tertiary/aromatic N) is 6. The minimum absolute atomic E-state index is 0.0171. The molecule has 0 atom stereocenters. The van der Waals surface area contributed by atoms with Gasteiger partial charge in [0.15, 0.2) is 6.61 Å². The molecule has 0 saturated carbocycles. The first-order chi connectivity index (χ1) is 29.6. The monoisotopic (exact) mass is 882 g/mol. The SMILES string of the molecule is Cc1nc(N2CCCNCC2)nc2ccc(NC(=O)CCc3ccc(Cl)cc3)cc12.Cc1nc(N2CCCNCC2)nc2ccc(NC(=O)COc3ccc(Cl)cc3Cl)cc12. The van der Waals surface area contributed by atoms with Crippen LogP contribution >= 0.6 is 34.8 Å². The van der Waals surface area contributed by atoms with Gasteiger partial charge in [-0.05, 0) is 118 Å². The Balaban J connectivity index is 0.000000184. The highest BCUT2D eigenvalue weighted by Crippen LogP contribution is 2.28. The first-order valence-electron chi connectivity index (χ1n) is 20.5. The second-order valence-electron chi connectivity index (χ2n) is 14.9. The van der Waals surface area contributed by atoms with Crippen molar-refractivity contribution >= 4 is 91.7 Å². The molecule has 8 rings (SSSR count). The van der Waals surface area contributed by atoms with Gasteiger partial charge < -0.3 is 35.8 Å². The van der Waals surface area contributed by atoms with Crippen molar-refractivity contribution in [3.8, 4) is 5.75 Å². The Hall–Kier alpha value is -5.31. The second kappa shape index (κ2) is 21.0. The van der Waals surface area contributed by atoms with Crippen molar-refractivity contribution in [2.45, 2.75) is 39.5 Å². The highest BCUT2D eigenvalue weighted by atomic mass is 35.5. The zero-order chi connectivity index (χ0) is 42.7. The Morgan fingerprint density at radius 1 is 0.639 bits per heavy atom. The third-order valence-electron chi connectivity index (χ3n) is 10.4. The van der Waals surface area contributed by atoms with Crippen molar-refractivity contribution in [3.05, 3.63) is 111 Å². The van der Waals surface area contributed by atoms with Crippen molar-refractivity contribution in [3.63, 3.8) is 0 Å². The number of ether oxygens (including phenoxy) is 1. The maximum atomic E-state index is 12.4. The average molecular weight is 884 g/mol. The number of aryl methyl sites for hydroxylation is 3. The molecule has 318 valence electrons. The number of carbonyl (C=O) groups excluding carboxylic acids is 2. The third kappa shape index (κ3) is 12.2. The number of halogens is 3. The van der Waals surface area contributed by atoms with Crippen LogP contribution in [0.5, 0.6) is 5.75 Å². The van der Waals surface area contributed by atoms with E-state index in [9.17, 15) is 9.59 Å². The lowest BCUT2D eigenvalue weighted by Crippen LogP contribution is -2.29. The summed E-state index contributed by atoms with van der Waals surface area (Å²) in [7, 11) is 0. The quantitative estimate of drug-likeness (QED) is 0.106. The molecule has 0 aliphatic carbocycles. The van der Waals surface area contributed by atoms with Crippen LogP contribution in [0.3, 0.4) is 0 Å². The first-order valence-corrected chi connectivity index (χ1v) is 21.6. The van der Waals surface area contributed by atoms with E-state index < -0.39 is 0 Å². The highest BCUT2D eigenvalue weighted by Gasteiger charge is 2.17. The van der Waals surface area contributed by atoms with Crippen LogP contribution < -0.4 is 35.8 Å². The van der Waals surface area contributed by atoms with E-state index >= 15 is 0 Å². The molecule has 0 spiro atoms. The zero-order valence-corrected chi connectivity index (χ0v) is 36.5. The highest BCUT2D eigenvalue weighted by molar-refractivity contribution is 6.35. The van der Waals surface area contributed by atoms with Gasteiger partial charge in [0.25, 0.3) is 5.91 Å². The van der Waals surface area contributed by atoms with Crippen LogP contribution in [0.2, 0.25) is 15.1 Å². The lowest BCUT2D eigenvalue weighted by atomic mass is 10.1. The summed E-state index contributed by atoms with van der Waals surface area (Å²) < 4.78 is 5.49. The molecule has 13 nitrogen and oxygen atoms in total. The Bertz CT molecular complexity index is 2470. The Morgan fingerprint density at radius 2 is 1.18 bits per heavy atom. The molecule has 6 aromatic rings. The van der Waals surface area contributed by atoms with Gasteiger partial charge in [0.2, 0.25) is 17.8 Å². The number of anilines is 4. The van der Waals surface area contributed by atoms with Crippen LogP contribution in [0.25, 0.3) is 21.8 Å². The molecule has 4 aromatic carbocycles. The maximum absolute atomic E-state index is 12.4. The topological polar surface area (TPSA) is 150 Å². The van der Waals surface area contributed by atoms with E-state index in [1.165, 1.54) is 0 Å². The third-order valence-corrected chi connectivity index (χ3v) is 11.2. The minimum atomic E-state index is -0.294. The van der Waals surface area contributed by atoms with E-state index in [1.807, 2.05) is 74.5 Å². The summed E-state index contributed by atoms with van der Waals surface area (Å²) in [6.45, 7) is 11.4. The first kappa shape index (κ1) is 43.8. The van der Waals surface area contributed by atoms with Crippen molar-refractivity contribution in [1.82, 2.24) is 30.6 Å². The van der Waals surface area contributed by atoms with E-state index in [0.29, 0.717) is 39.3 Å². The molecule has 2 fully saturated rings. The van der Waals surface area contributed by atoms with Crippen molar-refractivity contribution in [2.24, 2.45) is 0 Å². The van der Waals surface area contributed by atoms with Gasteiger partial charge in [0, 0.05) is 77.9 Å². The molecule has 4 N–H and O–H groups in total. The molecule has 16 heteroatoms. The summed E-state index contributed by atoms with van der Waals surface area (Å²) in [5.74, 6) is 1.62. The number of rotatable bonds is 10. The minimum Gasteiger partial charge on any atom is -0.482 e. The van der Waals surface area contributed by atoms with E-state index in [4.69, 9.17) is 59.5 Å². The number of hydrogen-bond donors (Lipinski definition) is 4. The normalized spacial score (nSPS) is 14.4. The predicted octanol–water partition coefficient (Wildman–Crippen LogP) is 8.02. The molecule has 2 saturated heterocycles. The molecule has 0 bridgehead atoms. The van der Waals surface area contributed by atoms with E-state index in [2.05, 4.69) is 31.1 Å².